The summed E-state index contributed by atoms with van der Waals surface area (Å²) in [5.41, 5.74) is 0.365. The molecule has 6 nitrogen and oxygen atoms in total. The van der Waals surface area contributed by atoms with Gasteiger partial charge >= 0.3 is 5.97 Å². The van der Waals surface area contributed by atoms with E-state index in [1.165, 1.54) is 14.2 Å². The lowest BCUT2D eigenvalue weighted by Gasteiger charge is -2.20. The lowest BCUT2D eigenvalue weighted by molar-refractivity contribution is -0.318. The van der Waals surface area contributed by atoms with Crippen molar-refractivity contribution in [2.24, 2.45) is 0 Å². The maximum absolute atomic E-state index is 11.8. The molecular formula is C11H13NO5. The Balaban J connectivity index is 3.02. The number of carboxylic acid groups (broad SMARTS) is 1. The molecule has 0 saturated heterocycles. The highest BCUT2D eigenvalue weighted by molar-refractivity contribution is 6.01. The molecule has 92 valence electrons. The van der Waals surface area contributed by atoms with Gasteiger partial charge in [-0.05, 0) is 5.56 Å². The minimum atomic E-state index is -1.35. The quantitative estimate of drug-likeness (QED) is 0.607. The second-order valence-electron chi connectivity index (χ2n) is 3.14. The fraction of sp³-hybridized carbons (Fsp3) is 0.273. The Labute approximate surface area is 98.3 Å². The monoisotopic (exact) mass is 239 g/mol. The first-order valence-electron chi connectivity index (χ1n) is 4.81. The summed E-state index contributed by atoms with van der Waals surface area (Å²) < 4.78 is 0. The highest BCUT2D eigenvalue weighted by Gasteiger charge is 2.33. The Bertz CT molecular complexity index is 388. The molecule has 0 heterocycles. The van der Waals surface area contributed by atoms with Gasteiger partial charge in [0, 0.05) is 0 Å². The van der Waals surface area contributed by atoms with Crippen molar-refractivity contribution >= 4 is 11.9 Å². The number of nitrogens with zero attached hydrogens (tertiary/aromatic N) is 1. The second-order valence-corrected chi connectivity index (χ2v) is 3.14. The fourth-order valence-electron chi connectivity index (χ4n) is 1.40. The van der Waals surface area contributed by atoms with Gasteiger partial charge in [-0.2, -0.15) is 0 Å². The van der Waals surface area contributed by atoms with Crippen molar-refractivity contribution in [1.82, 2.24) is 5.23 Å². The fourth-order valence-corrected chi connectivity index (χ4v) is 1.40. The van der Waals surface area contributed by atoms with E-state index in [4.69, 9.17) is 5.11 Å². The molecule has 6 heteroatoms. The van der Waals surface area contributed by atoms with Gasteiger partial charge in [0.25, 0.3) is 5.91 Å². The summed E-state index contributed by atoms with van der Waals surface area (Å²) in [7, 11) is 2.43. The van der Waals surface area contributed by atoms with Crippen molar-refractivity contribution in [3.05, 3.63) is 35.9 Å². The number of amides is 1. The molecule has 0 spiro atoms. The van der Waals surface area contributed by atoms with Crippen LogP contribution in [0.4, 0.5) is 0 Å². The molecule has 1 aromatic rings. The van der Waals surface area contributed by atoms with E-state index in [-0.39, 0.29) is 0 Å². The SMILES string of the molecule is CON(OC)C(=O)C(C(=O)O)c1ccccc1. The largest absolute Gasteiger partial charge is 0.480 e. The third-order valence-corrected chi connectivity index (χ3v) is 2.14. The summed E-state index contributed by atoms with van der Waals surface area (Å²) in [6.07, 6.45) is 0. The number of rotatable bonds is 5. The molecule has 0 fully saturated rings. The first kappa shape index (κ1) is 13.1. The van der Waals surface area contributed by atoms with Crippen LogP contribution in [-0.2, 0) is 19.3 Å². The van der Waals surface area contributed by atoms with Crippen molar-refractivity contribution in [2.45, 2.75) is 5.92 Å². The Hall–Kier alpha value is -1.92. The summed E-state index contributed by atoms with van der Waals surface area (Å²) in [5.74, 6) is -3.41. The van der Waals surface area contributed by atoms with E-state index < -0.39 is 17.8 Å². The number of hydrogen-bond donors (Lipinski definition) is 1. The van der Waals surface area contributed by atoms with Crippen molar-refractivity contribution in [3.63, 3.8) is 0 Å². The van der Waals surface area contributed by atoms with E-state index in [1.807, 2.05) is 0 Å². The van der Waals surface area contributed by atoms with Gasteiger partial charge in [0.2, 0.25) is 0 Å². The Kier molecular flexibility index (Phi) is 4.62. The minimum Gasteiger partial charge on any atom is -0.480 e. The van der Waals surface area contributed by atoms with Crippen LogP contribution in [0.15, 0.2) is 30.3 Å². The number of carboxylic acids is 1. The molecule has 0 aromatic heterocycles. The molecule has 0 aliphatic carbocycles. The smallest absolute Gasteiger partial charge is 0.320 e. The van der Waals surface area contributed by atoms with Crippen LogP contribution in [0, 0.1) is 0 Å². The van der Waals surface area contributed by atoms with Crippen molar-refractivity contribution in [3.8, 4) is 0 Å². The molecule has 0 bridgehead atoms. The zero-order chi connectivity index (χ0) is 12.8. The summed E-state index contributed by atoms with van der Waals surface area (Å²) in [4.78, 5) is 32.2. The van der Waals surface area contributed by atoms with E-state index in [1.54, 1.807) is 30.3 Å². The highest BCUT2D eigenvalue weighted by Crippen LogP contribution is 2.19. The zero-order valence-electron chi connectivity index (χ0n) is 9.49. The zero-order valence-corrected chi connectivity index (χ0v) is 9.49. The van der Waals surface area contributed by atoms with Gasteiger partial charge in [-0.3, -0.25) is 9.59 Å². The maximum atomic E-state index is 11.8. The van der Waals surface area contributed by atoms with Crippen LogP contribution < -0.4 is 0 Å². The third-order valence-electron chi connectivity index (χ3n) is 2.14. The summed E-state index contributed by atoms with van der Waals surface area (Å²) in [6, 6.07) is 8.16. The van der Waals surface area contributed by atoms with Crippen LogP contribution in [0.25, 0.3) is 0 Å². The van der Waals surface area contributed by atoms with Gasteiger partial charge in [0.05, 0.1) is 14.2 Å². The molecule has 0 aliphatic rings. The van der Waals surface area contributed by atoms with E-state index in [0.29, 0.717) is 10.8 Å². The van der Waals surface area contributed by atoms with Crippen molar-refractivity contribution in [2.75, 3.05) is 14.2 Å². The predicted molar refractivity (Wildman–Crippen MR) is 57.7 cm³/mol. The topological polar surface area (TPSA) is 76.1 Å². The lowest BCUT2D eigenvalue weighted by Crippen LogP contribution is -2.36. The second kappa shape index (κ2) is 5.97. The summed E-state index contributed by atoms with van der Waals surface area (Å²) in [5, 5.41) is 9.61. The van der Waals surface area contributed by atoms with E-state index in [2.05, 4.69) is 9.68 Å². The molecule has 0 aliphatic heterocycles. The molecule has 1 amide bonds. The highest BCUT2D eigenvalue weighted by atomic mass is 16.9. The van der Waals surface area contributed by atoms with Crippen LogP contribution in [0.1, 0.15) is 11.5 Å². The van der Waals surface area contributed by atoms with Gasteiger partial charge in [-0.15, -0.1) is 0 Å². The molecule has 17 heavy (non-hydrogen) atoms. The van der Waals surface area contributed by atoms with Gasteiger partial charge in [0.15, 0.2) is 5.92 Å². The van der Waals surface area contributed by atoms with Gasteiger partial charge < -0.3 is 5.11 Å². The predicted octanol–water partition coefficient (Wildman–Crippen LogP) is 0.806. The molecule has 1 unspecified atom stereocenters. The minimum absolute atomic E-state index is 0.365. The Morgan fingerprint density at radius 1 is 1.18 bits per heavy atom. The number of hydrogen-bond acceptors (Lipinski definition) is 4. The average molecular weight is 239 g/mol. The molecular weight excluding hydrogens is 226 g/mol. The molecule has 1 atom stereocenters. The number of aliphatic carboxylic acids is 1. The van der Waals surface area contributed by atoms with Crippen molar-refractivity contribution in [1.29, 1.82) is 0 Å². The Morgan fingerprint density at radius 2 is 1.71 bits per heavy atom. The first-order valence-corrected chi connectivity index (χ1v) is 4.81. The third kappa shape index (κ3) is 3.02. The molecule has 1 N–H and O–H groups in total. The summed E-state index contributed by atoms with van der Waals surface area (Å²) >= 11 is 0. The first-order chi connectivity index (χ1) is 8.11. The normalized spacial score (nSPS) is 11.9. The van der Waals surface area contributed by atoms with Gasteiger partial charge in [0.1, 0.15) is 0 Å². The van der Waals surface area contributed by atoms with Crippen LogP contribution >= 0.6 is 0 Å². The number of carbonyl (C=O) groups excluding carboxylic acids is 1. The van der Waals surface area contributed by atoms with Gasteiger partial charge in [-0.1, -0.05) is 35.6 Å². The maximum Gasteiger partial charge on any atom is 0.320 e. The molecule has 0 radical (unpaired) electrons. The molecule has 0 saturated carbocycles. The Morgan fingerprint density at radius 3 is 2.12 bits per heavy atom. The van der Waals surface area contributed by atoms with Crippen molar-refractivity contribution < 1.29 is 24.4 Å². The number of benzene rings is 1. The number of hydroxylamine groups is 2. The summed E-state index contributed by atoms with van der Waals surface area (Å²) in [6.45, 7) is 0. The van der Waals surface area contributed by atoms with Crippen LogP contribution in [0.3, 0.4) is 0 Å². The van der Waals surface area contributed by atoms with E-state index in [9.17, 15) is 9.59 Å². The average Bonchev–Trinajstić information content (AvgIpc) is 2.31. The van der Waals surface area contributed by atoms with Crippen LogP contribution in [-0.4, -0.2) is 36.4 Å². The van der Waals surface area contributed by atoms with Crippen LogP contribution in [0.5, 0.6) is 0 Å². The van der Waals surface area contributed by atoms with E-state index >= 15 is 0 Å². The van der Waals surface area contributed by atoms with Crippen LogP contribution in [0.2, 0.25) is 0 Å². The molecule has 1 aromatic carbocycles. The lowest BCUT2D eigenvalue weighted by atomic mass is 9.99. The van der Waals surface area contributed by atoms with E-state index in [0.717, 1.165) is 0 Å². The molecule has 1 rings (SSSR count). The standard InChI is InChI=1S/C11H13NO5/c1-16-12(17-2)10(13)9(11(14)15)8-6-4-3-5-7-8/h3-7,9H,1-2H3,(H,14,15). The van der Waals surface area contributed by atoms with Gasteiger partial charge in [-0.25, -0.2) is 9.68 Å². The number of carbonyl (C=O) groups is 2.